The van der Waals surface area contributed by atoms with Crippen LogP contribution in [0.15, 0.2) is 30.3 Å². The maximum absolute atomic E-state index is 12.8. The van der Waals surface area contributed by atoms with Crippen LogP contribution in [0.2, 0.25) is 0 Å². The van der Waals surface area contributed by atoms with E-state index in [0.717, 1.165) is 18.4 Å². The predicted molar refractivity (Wildman–Crippen MR) is 94.3 cm³/mol. The maximum atomic E-state index is 12.8. The Morgan fingerprint density at radius 2 is 1.83 bits per heavy atom. The molecule has 24 heavy (non-hydrogen) atoms. The standard InChI is InChI=1S/C20H29NO3/c1-2-24-20(23)13-14-21(16-18-11-7-4-8-12-18)19(22)15-17-9-5-3-6-10-17/h4,7-8,11-12,17H,2-3,5-6,9-10,13-16H2,1H3. The molecule has 0 radical (unpaired) electrons. The van der Waals surface area contributed by atoms with Gasteiger partial charge in [0.25, 0.3) is 0 Å². The summed E-state index contributed by atoms with van der Waals surface area (Å²) in [6, 6.07) is 9.96. The fraction of sp³-hybridized carbons (Fsp3) is 0.600. The molecule has 0 heterocycles. The highest BCUT2D eigenvalue weighted by Crippen LogP contribution is 2.27. The van der Waals surface area contributed by atoms with E-state index in [9.17, 15) is 9.59 Å². The fourth-order valence-electron chi connectivity index (χ4n) is 3.32. The molecule has 1 aromatic carbocycles. The molecule has 1 aromatic rings. The van der Waals surface area contributed by atoms with Crippen molar-refractivity contribution in [3.8, 4) is 0 Å². The van der Waals surface area contributed by atoms with Crippen LogP contribution in [0.5, 0.6) is 0 Å². The van der Waals surface area contributed by atoms with Crippen molar-refractivity contribution in [2.75, 3.05) is 13.2 Å². The molecule has 1 fully saturated rings. The van der Waals surface area contributed by atoms with Gasteiger partial charge in [0.05, 0.1) is 13.0 Å². The molecular weight excluding hydrogens is 302 g/mol. The lowest BCUT2D eigenvalue weighted by atomic mass is 9.86. The molecule has 0 aliphatic heterocycles. The van der Waals surface area contributed by atoms with Crippen LogP contribution >= 0.6 is 0 Å². The average Bonchev–Trinajstić information content (AvgIpc) is 2.60. The maximum Gasteiger partial charge on any atom is 0.307 e. The summed E-state index contributed by atoms with van der Waals surface area (Å²) in [7, 11) is 0. The van der Waals surface area contributed by atoms with Crippen molar-refractivity contribution in [3.63, 3.8) is 0 Å². The molecule has 0 aromatic heterocycles. The van der Waals surface area contributed by atoms with E-state index >= 15 is 0 Å². The Hall–Kier alpha value is -1.84. The van der Waals surface area contributed by atoms with Gasteiger partial charge in [0, 0.05) is 19.5 Å². The molecule has 132 valence electrons. The molecule has 1 saturated carbocycles. The zero-order chi connectivity index (χ0) is 17.2. The zero-order valence-electron chi connectivity index (χ0n) is 14.7. The molecule has 0 spiro atoms. The van der Waals surface area contributed by atoms with Crippen LogP contribution in [0.4, 0.5) is 0 Å². The average molecular weight is 331 g/mol. The van der Waals surface area contributed by atoms with Gasteiger partial charge in [-0.2, -0.15) is 0 Å². The predicted octanol–water partition coefficient (Wildman–Crippen LogP) is 3.94. The van der Waals surface area contributed by atoms with Crippen LogP contribution in [0, 0.1) is 5.92 Å². The second kappa shape index (κ2) is 10.1. The van der Waals surface area contributed by atoms with Gasteiger partial charge in [0.1, 0.15) is 0 Å². The summed E-state index contributed by atoms with van der Waals surface area (Å²) in [6.45, 7) is 3.17. The van der Waals surface area contributed by atoms with E-state index in [2.05, 4.69) is 0 Å². The van der Waals surface area contributed by atoms with Crippen LogP contribution in [0.1, 0.15) is 57.4 Å². The smallest absolute Gasteiger partial charge is 0.307 e. The molecule has 4 nitrogen and oxygen atoms in total. The van der Waals surface area contributed by atoms with E-state index in [0.29, 0.717) is 32.0 Å². The largest absolute Gasteiger partial charge is 0.466 e. The highest BCUT2D eigenvalue weighted by atomic mass is 16.5. The molecule has 2 rings (SSSR count). The van der Waals surface area contributed by atoms with Crippen LogP contribution in [-0.2, 0) is 20.9 Å². The Kier molecular flexibility index (Phi) is 7.80. The Bertz CT molecular complexity index is 509. The molecule has 4 heteroatoms. The summed E-state index contributed by atoms with van der Waals surface area (Å²) >= 11 is 0. The van der Waals surface area contributed by atoms with E-state index in [1.807, 2.05) is 35.2 Å². The lowest BCUT2D eigenvalue weighted by Gasteiger charge is -2.27. The Morgan fingerprint density at radius 1 is 1.12 bits per heavy atom. The minimum absolute atomic E-state index is 0.162. The quantitative estimate of drug-likeness (QED) is 0.678. The van der Waals surface area contributed by atoms with E-state index in [1.165, 1.54) is 19.3 Å². The van der Waals surface area contributed by atoms with Crippen LogP contribution < -0.4 is 0 Å². The van der Waals surface area contributed by atoms with Crippen molar-refractivity contribution >= 4 is 11.9 Å². The van der Waals surface area contributed by atoms with Crippen molar-refractivity contribution in [1.29, 1.82) is 0 Å². The lowest BCUT2D eigenvalue weighted by Crippen LogP contribution is -2.34. The van der Waals surface area contributed by atoms with Gasteiger partial charge in [0.2, 0.25) is 5.91 Å². The molecule has 0 unspecified atom stereocenters. The van der Waals surface area contributed by atoms with Crippen LogP contribution in [-0.4, -0.2) is 29.9 Å². The number of hydrogen-bond donors (Lipinski definition) is 0. The minimum atomic E-state index is -0.235. The number of carbonyl (C=O) groups excluding carboxylic acids is 2. The topological polar surface area (TPSA) is 46.6 Å². The third-order valence-electron chi connectivity index (χ3n) is 4.65. The van der Waals surface area contributed by atoms with E-state index < -0.39 is 0 Å². The molecule has 1 aliphatic rings. The third-order valence-corrected chi connectivity index (χ3v) is 4.65. The first-order valence-corrected chi connectivity index (χ1v) is 9.16. The highest BCUT2D eigenvalue weighted by Gasteiger charge is 2.22. The summed E-state index contributed by atoms with van der Waals surface area (Å²) in [5.41, 5.74) is 1.10. The molecule has 0 bridgehead atoms. The zero-order valence-corrected chi connectivity index (χ0v) is 14.7. The number of nitrogens with zero attached hydrogens (tertiary/aromatic N) is 1. The number of benzene rings is 1. The fourth-order valence-corrected chi connectivity index (χ4v) is 3.32. The number of ether oxygens (including phenoxy) is 1. The number of amides is 1. The Balaban J connectivity index is 1.94. The van der Waals surface area contributed by atoms with E-state index in [-0.39, 0.29) is 18.3 Å². The summed E-state index contributed by atoms with van der Waals surface area (Å²) < 4.78 is 5.00. The summed E-state index contributed by atoms with van der Waals surface area (Å²) in [5, 5.41) is 0. The van der Waals surface area contributed by atoms with Crippen molar-refractivity contribution in [2.45, 2.75) is 58.4 Å². The second-order valence-corrected chi connectivity index (χ2v) is 6.56. The first kappa shape index (κ1) is 18.5. The van der Waals surface area contributed by atoms with Gasteiger partial charge in [-0.1, -0.05) is 49.6 Å². The van der Waals surface area contributed by atoms with Crippen molar-refractivity contribution in [2.24, 2.45) is 5.92 Å². The monoisotopic (exact) mass is 331 g/mol. The van der Waals surface area contributed by atoms with E-state index in [1.54, 1.807) is 6.92 Å². The van der Waals surface area contributed by atoms with Gasteiger partial charge in [-0.25, -0.2) is 0 Å². The number of hydrogen-bond acceptors (Lipinski definition) is 3. The van der Waals surface area contributed by atoms with Gasteiger partial charge in [-0.05, 0) is 31.2 Å². The van der Waals surface area contributed by atoms with Crippen molar-refractivity contribution in [3.05, 3.63) is 35.9 Å². The molecule has 1 aliphatic carbocycles. The van der Waals surface area contributed by atoms with Crippen LogP contribution in [0.25, 0.3) is 0 Å². The summed E-state index contributed by atoms with van der Waals surface area (Å²) in [5.74, 6) is 0.434. The van der Waals surface area contributed by atoms with Crippen molar-refractivity contribution in [1.82, 2.24) is 4.90 Å². The first-order chi connectivity index (χ1) is 11.7. The van der Waals surface area contributed by atoms with Gasteiger partial charge in [0.15, 0.2) is 0 Å². The van der Waals surface area contributed by atoms with Crippen LogP contribution in [0.3, 0.4) is 0 Å². The van der Waals surface area contributed by atoms with Gasteiger partial charge < -0.3 is 9.64 Å². The summed E-state index contributed by atoms with van der Waals surface area (Å²) in [4.78, 5) is 26.2. The lowest BCUT2D eigenvalue weighted by molar-refractivity contribution is -0.144. The molecule has 0 atom stereocenters. The third kappa shape index (κ3) is 6.34. The summed E-state index contributed by atoms with van der Waals surface area (Å²) in [6.07, 6.45) is 6.94. The SMILES string of the molecule is CCOC(=O)CCN(Cc1ccccc1)C(=O)CC1CCCCC1. The van der Waals surface area contributed by atoms with Crippen molar-refractivity contribution < 1.29 is 14.3 Å². The molecule has 1 amide bonds. The number of esters is 1. The second-order valence-electron chi connectivity index (χ2n) is 6.56. The Labute approximate surface area is 145 Å². The molecule has 0 saturated heterocycles. The van der Waals surface area contributed by atoms with Gasteiger partial charge in [-0.15, -0.1) is 0 Å². The van der Waals surface area contributed by atoms with E-state index in [4.69, 9.17) is 4.74 Å². The molecule has 0 N–H and O–H groups in total. The normalized spacial score (nSPS) is 15.0. The number of rotatable bonds is 8. The molecular formula is C20H29NO3. The minimum Gasteiger partial charge on any atom is -0.466 e. The highest BCUT2D eigenvalue weighted by molar-refractivity contribution is 5.77. The van der Waals surface area contributed by atoms with Gasteiger partial charge in [-0.3, -0.25) is 9.59 Å². The first-order valence-electron chi connectivity index (χ1n) is 9.16. The number of carbonyl (C=O) groups is 2. The Morgan fingerprint density at radius 3 is 2.50 bits per heavy atom. The van der Waals surface area contributed by atoms with Gasteiger partial charge >= 0.3 is 5.97 Å².